The van der Waals surface area contributed by atoms with E-state index in [1.165, 1.54) is 23.9 Å². The SMILES string of the molecule is Cc1ccc(N=C2S/C(=C/c3ccc(OCc4ccc([N+](=O)[O-])cc4)cc3)C(=O)N2CCc2ccccc2)cc1. The van der Waals surface area contributed by atoms with Gasteiger partial charge in [-0.05, 0) is 84.3 Å². The number of carbonyl (C=O) groups is 1. The van der Waals surface area contributed by atoms with E-state index in [-0.39, 0.29) is 11.6 Å². The smallest absolute Gasteiger partial charge is 0.269 e. The second-order valence-electron chi connectivity index (χ2n) is 9.31. The lowest BCUT2D eigenvalue weighted by Gasteiger charge is -2.15. The Balaban J connectivity index is 1.30. The molecule has 5 rings (SSSR count). The fourth-order valence-corrected chi connectivity index (χ4v) is 5.12. The molecule has 0 atom stereocenters. The van der Waals surface area contributed by atoms with Crippen LogP contribution in [0.4, 0.5) is 11.4 Å². The van der Waals surface area contributed by atoms with Gasteiger partial charge in [0.05, 0.1) is 15.5 Å². The quantitative estimate of drug-likeness (QED) is 0.124. The van der Waals surface area contributed by atoms with Crippen LogP contribution in [0.15, 0.2) is 113 Å². The minimum atomic E-state index is -0.426. The number of amidine groups is 1. The standard InChI is InChI=1S/C32H27N3O4S/c1-23-7-13-27(14-8-23)33-32-34(20-19-24-5-3-2-4-6-24)31(36)30(40-32)21-25-11-17-29(18-12-25)39-22-26-9-15-28(16-10-26)35(37)38/h2-18,21H,19-20,22H2,1H3/b30-21+,33-32?. The lowest BCUT2D eigenvalue weighted by molar-refractivity contribution is -0.384. The van der Waals surface area contributed by atoms with Gasteiger partial charge in [0, 0.05) is 18.7 Å². The first-order chi connectivity index (χ1) is 19.4. The normalized spacial score (nSPS) is 15.1. The van der Waals surface area contributed by atoms with E-state index >= 15 is 0 Å². The summed E-state index contributed by atoms with van der Waals surface area (Å²) in [4.78, 5) is 31.0. The van der Waals surface area contributed by atoms with Crippen LogP contribution in [0.25, 0.3) is 6.08 Å². The highest BCUT2D eigenvalue weighted by molar-refractivity contribution is 8.18. The molecule has 0 bridgehead atoms. The van der Waals surface area contributed by atoms with E-state index < -0.39 is 4.92 Å². The largest absolute Gasteiger partial charge is 0.489 e. The molecule has 0 radical (unpaired) electrons. The summed E-state index contributed by atoms with van der Waals surface area (Å²) in [6.07, 6.45) is 2.61. The molecule has 4 aromatic carbocycles. The first kappa shape index (κ1) is 26.9. The molecule has 0 aromatic heterocycles. The Labute approximate surface area is 237 Å². The summed E-state index contributed by atoms with van der Waals surface area (Å²) in [5.41, 5.74) is 4.88. The summed E-state index contributed by atoms with van der Waals surface area (Å²) in [7, 11) is 0. The topological polar surface area (TPSA) is 85.0 Å². The van der Waals surface area contributed by atoms with Gasteiger partial charge in [0.15, 0.2) is 5.17 Å². The van der Waals surface area contributed by atoms with Crippen LogP contribution < -0.4 is 4.74 Å². The van der Waals surface area contributed by atoms with Crippen molar-refractivity contribution in [2.24, 2.45) is 4.99 Å². The third-order valence-corrected chi connectivity index (χ3v) is 7.35. The summed E-state index contributed by atoms with van der Waals surface area (Å²) in [6.45, 7) is 2.86. The predicted octanol–water partition coefficient (Wildman–Crippen LogP) is 7.33. The fourth-order valence-electron chi connectivity index (χ4n) is 4.10. The van der Waals surface area contributed by atoms with Crippen molar-refractivity contribution in [1.82, 2.24) is 4.90 Å². The third-order valence-electron chi connectivity index (χ3n) is 6.34. The van der Waals surface area contributed by atoms with Gasteiger partial charge in [-0.25, -0.2) is 4.99 Å². The number of carbonyl (C=O) groups excluding carboxylic acids is 1. The van der Waals surface area contributed by atoms with Crippen LogP contribution >= 0.6 is 11.8 Å². The molecule has 1 aliphatic rings. The molecular weight excluding hydrogens is 522 g/mol. The highest BCUT2D eigenvalue weighted by Crippen LogP contribution is 2.34. The van der Waals surface area contributed by atoms with Crippen molar-refractivity contribution < 1.29 is 14.5 Å². The number of hydrogen-bond donors (Lipinski definition) is 0. The Morgan fingerprint density at radius 3 is 2.27 bits per heavy atom. The zero-order valence-electron chi connectivity index (χ0n) is 21.9. The van der Waals surface area contributed by atoms with Gasteiger partial charge in [-0.2, -0.15) is 0 Å². The number of amides is 1. The molecule has 40 heavy (non-hydrogen) atoms. The van der Waals surface area contributed by atoms with Gasteiger partial charge in [-0.15, -0.1) is 0 Å². The van der Waals surface area contributed by atoms with Crippen molar-refractivity contribution >= 4 is 40.3 Å². The number of thioether (sulfide) groups is 1. The number of aryl methyl sites for hydroxylation is 1. The molecule has 1 heterocycles. The van der Waals surface area contributed by atoms with E-state index in [4.69, 9.17) is 9.73 Å². The minimum absolute atomic E-state index is 0.0474. The van der Waals surface area contributed by atoms with Crippen molar-refractivity contribution in [3.05, 3.63) is 140 Å². The highest BCUT2D eigenvalue weighted by Gasteiger charge is 2.33. The molecule has 1 saturated heterocycles. The first-order valence-electron chi connectivity index (χ1n) is 12.8. The average Bonchev–Trinajstić information content (AvgIpc) is 3.26. The van der Waals surface area contributed by atoms with E-state index in [2.05, 4.69) is 12.1 Å². The van der Waals surface area contributed by atoms with Crippen molar-refractivity contribution in [2.45, 2.75) is 20.0 Å². The molecule has 1 amide bonds. The fraction of sp³-hybridized carbons (Fsp3) is 0.125. The number of nitrogens with zero attached hydrogens (tertiary/aromatic N) is 3. The van der Waals surface area contributed by atoms with Gasteiger partial charge >= 0.3 is 0 Å². The minimum Gasteiger partial charge on any atom is -0.489 e. The lowest BCUT2D eigenvalue weighted by atomic mass is 10.1. The number of nitro groups is 1. The maximum Gasteiger partial charge on any atom is 0.269 e. The summed E-state index contributed by atoms with van der Waals surface area (Å²) < 4.78 is 5.83. The number of ether oxygens (including phenoxy) is 1. The number of rotatable bonds is 9. The molecule has 1 aliphatic heterocycles. The molecule has 0 spiro atoms. The average molecular weight is 550 g/mol. The van der Waals surface area contributed by atoms with Gasteiger partial charge in [-0.3, -0.25) is 19.8 Å². The van der Waals surface area contributed by atoms with Gasteiger partial charge in [0.1, 0.15) is 12.4 Å². The molecule has 0 N–H and O–H groups in total. The van der Waals surface area contributed by atoms with Crippen molar-refractivity contribution in [1.29, 1.82) is 0 Å². The highest BCUT2D eigenvalue weighted by atomic mass is 32.2. The van der Waals surface area contributed by atoms with Crippen LogP contribution in [0, 0.1) is 17.0 Å². The summed E-state index contributed by atoms with van der Waals surface area (Å²) in [5.74, 6) is 0.599. The number of hydrogen-bond acceptors (Lipinski definition) is 6. The lowest BCUT2D eigenvalue weighted by Crippen LogP contribution is -2.31. The van der Waals surface area contributed by atoms with Gasteiger partial charge in [0.2, 0.25) is 0 Å². The van der Waals surface area contributed by atoms with Crippen LogP contribution in [-0.4, -0.2) is 27.4 Å². The molecule has 7 nitrogen and oxygen atoms in total. The van der Waals surface area contributed by atoms with Crippen molar-refractivity contribution in [2.75, 3.05) is 6.54 Å². The van der Waals surface area contributed by atoms with E-state index in [0.29, 0.717) is 29.0 Å². The van der Waals surface area contributed by atoms with Crippen LogP contribution in [0.3, 0.4) is 0 Å². The zero-order valence-corrected chi connectivity index (χ0v) is 22.7. The Morgan fingerprint density at radius 1 is 0.900 bits per heavy atom. The van der Waals surface area contributed by atoms with Crippen LogP contribution in [-0.2, 0) is 17.8 Å². The van der Waals surface area contributed by atoms with E-state index in [1.54, 1.807) is 17.0 Å². The molecule has 0 aliphatic carbocycles. The zero-order chi connectivity index (χ0) is 27.9. The Bertz CT molecular complexity index is 1550. The number of aliphatic imine (C=N–C) groups is 1. The molecule has 4 aromatic rings. The van der Waals surface area contributed by atoms with Gasteiger partial charge in [0.25, 0.3) is 11.6 Å². The second kappa shape index (κ2) is 12.4. The second-order valence-corrected chi connectivity index (χ2v) is 10.3. The molecule has 200 valence electrons. The van der Waals surface area contributed by atoms with Crippen LogP contribution in [0.1, 0.15) is 22.3 Å². The molecule has 1 fully saturated rings. The van der Waals surface area contributed by atoms with E-state index in [0.717, 1.165) is 34.4 Å². The van der Waals surface area contributed by atoms with Gasteiger partial charge in [-0.1, -0.05) is 60.2 Å². The molecular formula is C32H27N3O4S. The first-order valence-corrected chi connectivity index (χ1v) is 13.6. The molecule has 0 saturated carbocycles. The Hall–Kier alpha value is -4.69. The number of benzene rings is 4. The van der Waals surface area contributed by atoms with Crippen LogP contribution in [0.5, 0.6) is 5.75 Å². The molecule has 8 heteroatoms. The summed E-state index contributed by atoms with van der Waals surface area (Å²) in [6, 6.07) is 31.8. The Morgan fingerprint density at radius 2 is 1.60 bits per heavy atom. The number of non-ortho nitro benzene ring substituents is 1. The van der Waals surface area contributed by atoms with Crippen molar-refractivity contribution in [3.8, 4) is 5.75 Å². The summed E-state index contributed by atoms with van der Waals surface area (Å²) >= 11 is 1.38. The predicted molar refractivity (Wildman–Crippen MR) is 160 cm³/mol. The van der Waals surface area contributed by atoms with Crippen molar-refractivity contribution in [3.63, 3.8) is 0 Å². The Kier molecular flexibility index (Phi) is 8.37. The van der Waals surface area contributed by atoms with E-state index in [1.807, 2.05) is 79.7 Å². The summed E-state index contributed by atoms with van der Waals surface area (Å²) in [5, 5.41) is 11.5. The maximum atomic E-state index is 13.5. The molecule has 0 unspecified atom stereocenters. The van der Waals surface area contributed by atoms with Gasteiger partial charge < -0.3 is 4.74 Å². The maximum absolute atomic E-state index is 13.5. The number of nitro benzene ring substituents is 1. The van der Waals surface area contributed by atoms with E-state index in [9.17, 15) is 14.9 Å². The van der Waals surface area contributed by atoms with Crippen LogP contribution in [0.2, 0.25) is 0 Å². The third kappa shape index (κ3) is 6.84. The monoisotopic (exact) mass is 549 g/mol.